The van der Waals surface area contributed by atoms with Gasteiger partial charge in [0, 0.05) is 5.56 Å². The molecule has 0 bridgehead atoms. The van der Waals surface area contributed by atoms with Crippen molar-refractivity contribution in [2.24, 2.45) is 0 Å². The highest BCUT2D eigenvalue weighted by Gasteiger charge is 2.31. The van der Waals surface area contributed by atoms with E-state index in [1.165, 1.54) is 19.2 Å². The maximum atomic E-state index is 12.4. The minimum atomic E-state index is -4.83. The minimum Gasteiger partial charge on any atom is -0.496 e. The van der Waals surface area contributed by atoms with Crippen LogP contribution in [0, 0.1) is 0 Å². The highest BCUT2D eigenvalue weighted by molar-refractivity contribution is 5.80. The SMILES string of the molecule is COc1ccccc1CC(=O)NC(CC(=O)O)c1ccc(OC(F)(F)F)cc1. The normalized spacial score (nSPS) is 12.1. The van der Waals surface area contributed by atoms with Gasteiger partial charge in [-0.15, -0.1) is 13.2 Å². The second kappa shape index (κ2) is 9.12. The van der Waals surface area contributed by atoms with Crippen LogP contribution in [0.15, 0.2) is 48.5 Å². The molecule has 0 saturated carbocycles. The molecule has 2 aromatic carbocycles. The van der Waals surface area contributed by atoms with Crippen LogP contribution in [-0.2, 0) is 16.0 Å². The van der Waals surface area contributed by atoms with E-state index in [9.17, 15) is 22.8 Å². The molecule has 2 rings (SSSR count). The standard InChI is InChI=1S/C19H18F3NO5/c1-27-16-5-3-2-4-13(16)10-17(24)23-15(11-18(25)26)12-6-8-14(9-7-12)28-19(20,21)22/h2-9,15H,10-11H2,1H3,(H,23,24)(H,25,26). The molecule has 0 aromatic heterocycles. The number of benzene rings is 2. The van der Waals surface area contributed by atoms with E-state index < -0.39 is 36.5 Å². The fourth-order valence-electron chi connectivity index (χ4n) is 2.60. The third-order valence-corrected chi connectivity index (χ3v) is 3.77. The number of nitrogens with one attached hydrogen (secondary N) is 1. The Balaban J connectivity index is 2.12. The number of hydrogen-bond acceptors (Lipinski definition) is 4. The van der Waals surface area contributed by atoms with Crippen LogP contribution in [0.3, 0.4) is 0 Å². The Morgan fingerprint density at radius 3 is 2.32 bits per heavy atom. The summed E-state index contributed by atoms with van der Waals surface area (Å²) in [5.74, 6) is -1.55. The third kappa shape index (κ3) is 6.49. The average molecular weight is 397 g/mol. The molecule has 0 heterocycles. The number of amides is 1. The summed E-state index contributed by atoms with van der Waals surface area (Å²) in [6.07, 6.45) is -5.31. The van der Waals surface area contributed by atoms with E-state index in [1.54, 1.807) is 24.3 Å². The highest BCUT2D eigenvalue weighted by Crippen LogP contribution is 2.26. The Hall–Kier alpha value is -3.23. The molecule has 9 heteroatoms. The first-order valence-electron chi connectivity index (χ1n) is 8.16. The molecule has 2 N–H and O–H groups in total. The van der Waals surface area contributed by atoms with Crippen molar-refractivity contribution in [2.45, 2.75) is 25.2 Å². The Morgan fingerprint density at radius 1 is 1.11 bits per heavy atom. The van der Waals surface area contributed by atoms with Gasteiger partial charge in [0.25, 0.3) is 0 Å². The number of alkyl halides is 3. The van der Waals surface area contributed by atoms with E-state index in [2.05, 4.69) is 10.1 Å². The van der Waals surface area contributed by atoms with Gasteiger partial charge in [0.15, 0.2) is 0 Å². The summed E-state index contributed by atoms with van der Waals surface area (Å²) in [7, 11) is 1.47. The number of carbonyl (C=O) groups excluding carboxylic acids is 1. The third-order valence-electron chi connectivity index (χ3n) is 3.77. The summed E-state index contributed by atoms with van der Waals surface area (Å²) in [6.45, 7) is 0. The van der Waals surface area contributed by atoms with E-state index in [1.807, 2.05) is 0 Å². The van der Waals surface area contributed by atoms with Gasteiger partial charge in [0.05, 0.1) is 26.0 Å². The van der Waals surface area contributed by atoms with Gasteiger partial charge in [-0.05, 0) is 23.8 Å². The Morgan fingerprint density at radius 2 is 1.75 bits per heavy atom. The van der Waals surface area contributed by atoms with Gasteiger partial charge in [-0.2, -0.15) is 0 Å². The summed E-state index contributed by atoms with van der Waals surface area (Å²) < 4.78 is 45.7. The number of halogens is 3. The van der Waals surface area contributed by atoms with Crippen LogP contribution in [0.5, 0.6) is 11.5 Å². The number of hydrogen-bond donors (Lipinski definition) is 2. The van der Waals surface area contributed by atoms with E-state index in [-0.39, 0.29) is 6.42 Å². The molecule has 0 fully saturated rings. The molecule has 0 spiro atoms. The molecule has 1 unspecified atom stereocenters. The number of rotatable bonds is 8. The number of para-hydroxylation sites is 1. The Bertz CT molecular complexity index is 821. The Kier molecular flexibility index (Phi) is 6.86. The van der Waals surface area contributed by atoms with Crippen molar-refractivity contribution in [1.82, 2.24) is 5.32 Å². The lowest BCUT2D eigenvalue weighted by Crippen LogP contribution is -2.31. The van der Waals surface area contributed by atoms with Crippen molar-refractivity contribution in [3.63, 3.8) is 0 Å². The van der Waals surface area contributed by atoms with Crippen molar-refractivity contribution in [3.05, 3.63) is 59.7 Å². The van der Waals surface area contributed by atoms with E-state index in [0.717, 1.165) is 12.1 Å². The smallest absolute Gasteiger partial charge is 0.496 e. The first-order valence-corrected chi connectivity index (χ1v) is 8.16. The second-order valence-electron chi connectivity index (χ2n) is 5.82. The first kappa shape index (κ1) is 21.1. The first-order chi connectivity index (χ1) is 13.2. The number of ether oxygens (including phenoxy) is 2. The molecule has 6 nitrogen and oxygen atoms in total. The molecule has 0 aliphatic carbocycles. The van der Waals surface area contributed by atoms with Crippen LogP contribution >= 0.6 is 0 Å². The highest BCUT2D eigenvalue weighted by atomic mass is 19.4. The zero-order chi connectivity index (χ0) is 20.7. The molecule has 0 aliphatic rings. The van der Waals surface area contributed by atoms with E-state index in [0.29, 0.717) is 16.9 Å². The van der Waals surface area contributed by atoms with Crippen LogP contribution in [0.25, 0.3) is 0 Å². The summed E-state index contributed by atoms with van der Waals surface area (Å²) in [5, 5.41) is 11.7. The molecular weight excluding hydrogens is 379 g/mol. The van der Waals surface area contributed by atoms with Gasteiger partial charge in [-0.3, -0.25) is 9.59 Å². The Labute approximate surface area is 158 Å². The molecule has 0 radical (unpaired) electrons. The molecule has 2 aromatic rings. The van der Waals surface area contributed by atoms with Crippen molar-refractivity contribution < 1.29 is 37.3 Å². The van der Waals surface area contributed by atoms with Gasteiger partial charge in [-0.25, -0.2) is 0 Å². The minimum absolute atomic E-state index is 0.0462. The number of carboxylic acid groups (broad SMARTS) is 1. The fourth-order valence-corrected chi connectivity index (χ4v) is 2.60. The summed E-state index contributed by atoms with van der Waals surface area (Å²) in [4.78, 5) is 23.5. The molecule has 1 amide bonds. The predicted molar refractivity (Wildman–Crippen MR) is 93.0 cm³/mol. The van der Waals surface area contributed by atoms with Gasteiger partial charge >= 0.3 is 12.3 Å². The zero-order valence-electron chi connectivity index (χ0n) is 14.8. The predicted octanol–water partition coefficient (Wildman–Crippen LogP) is 3.47. The molecule has 150 valence electrons. The van der Waals surface area contributed by atoms with Gasteiger partial charge in [-0.1, -0.05) is 30.3 Å². The average Bonchev–Trinajstić information content (AvgIpc) is 2.60. The summed E-state index contributed by atoms with van der Waals surface area (Å²) in [5.41, 5.74) is 0.954. The zero-order valence-corrected chi connectivity index (χ0v) is 14.8. The summed E-state index contributed by atoms with van der Waals surface area (Å²) in [6, 6.07) is 10.6. The molecule has 0 aliphatic heterocycles. The quantitative estimate of drug-likeness (QED) is 0.713. The van der Waals surface area contributed by atoms with Crippen LogP contribution < -0.4 is 14.8 Å². The second-order valence-corrected chi connectivity index (χ2v) is 5.82. The van der Waals surface area contributed by atoms with Gasteiger partial charge < -0.3 is 19.9 Å². The topological polar surface area (TPSA) is 84.9 Å². The fraction of sp³-hybridized carbons (Fsp3) is 0.263. The van der Waals surface area contributed by atoms with Crippen molar-refractivity contribution in [1.29, 1.82) is 0 Å². The largest absolute Gasteiger partial charge is 0.573 e. The number of aliphatic carboxylic acids is 1. The lowest BCUT2D eigenvalue weighted by molar-refractivity contribution is -0.274. The monoisotopic (exact) mass is 397 g/mol. The maximum absolute atomic E-state index is 12.4. The number of carboxylic acids is 1. The molecular formula is C19H18F3NO5. The lowest BCUT2D eigenvalue weighted by Gasteiger charge is -2.18. The van der Waals surface area contributed by atoms with Crippen molar-refractivity contribution in [2.75, 3.05) is 7.11 Å². The van der Waals surface area contributed by atoms with Crippen molar-refractivity contribution in [3.8, 4) is 11.5 Å². The van der Waals surface area contributed by atoms with Gasteiger partial charge in [0.1, 0.15) is 11.5 Å². The van der Waals surface area contributed by atoms with Crippen LogP contribution in [0.2, 0.25) is 0 Å². The lowest BCUT2D eigenvalue weighted by atomic mass is 10.0. The molecule has 0 saturated heterocycles. The van der Waals surface area contributed by atoms with Crippen LogP contribution in [0.4, 0.5) is 13.2 Å². The van der Waals surface area contributed by atoms with E-state index >= 15 is 0 Å². The van der Waals surface area contributed by atoms with Gasteiger partial charge in [0.2, 0.25) is 5.91 Å². The van der Waals surface area contributed by atoms with Crippen LogP contribution in [0.1, 0.15) is 23.6 Å². The van der Waals surface area contributed by atoms with E-state index in [4.69, 9.17) is 9.84 Å². The van der Waals surface area contributed by atoms with Crippen LogP contribution in [-0.4, -0.2) is 30.5 Å². The maximum Gasteiger partial charge on any atom is 0.573 e. The summed E-state index contributed by atoms with van der Waals surface area (Å²) >= 11 is 0. The number of carbonyl (C=O) groups is 2. The van der Waals surface area contributed by atoms with Crippen molar-refractivity contribution >= 4 is 11.9 Å². The molecule has 28 heavy (non-hydrogen) atoms. The molecule has 1 atom stereocenters. The number of methoxy groups -OCH3 is 1.